The van der Waals surface area contributed by atoms with Crippen molar-refractivity contribution >= 4 is 44.9 Å². The van der Waals surface area contributed by atoms with Gasteiger partial charge in [0, 0.05) is 17.7 Å². The molecule has 0 aliphatic carbocycles. The fourth-order valence-corrected chi connectivity index (χ4v) is 2.26. The molecule has 0 radical (unpaired) electrons. The molecule has 2 aromatic rings. The van der Waals surface area contributed by atoms with Crippen molar-refractivity contribution in [2.75, 3.05) is 17.7 Å². The molecule has 1 aromatic carbocycles. The Morgan fingerprint density at radius 1 is 1.29 bits per heavy atom. The van der Waals surface area contributed by atoms with Gasteiger partial charge in [0.1, 0.15) is 11.5 Å². The van der Waals surface area contributed by atoms with Crippen LogP contribution < -0.4 is 10.6 Å². The highest BCUT2D eigenvalue weighted by Crippen LogP contribution is 2.25. The van der Waals surface area contributed by atoms with Gasteiger partial charge in [-0.25, -0.2) is 13.8 Å². The van der Waals surface area contributed by atoms with Gasteiger partial charge in [0.15, 0.2) is 11.6 Å². The van der Waals surface area contributed by atoms with Crippen molar-refractivity contribution in [1.82, 2.24) is 4.98 Å². The number of benzene rings is 1. The van der Waals surface area contributed by atoms with E-state index >= 15 is 0 Å². The number of aromatic nitrogens is 1. The Labute approximate surface area is 132 Å². The summed E-state index contributed by atoms with van der Waals surface area (Å²) in [4.78, 5) is 15.9. The van der Waals surface area contributed by atoms with Crippen LogP contribution in [-0.4, -0.2) is 17.9 Å². The molecule has 4 nitrogen and oxygen atoms in total. The average Bonchev–Trinajstić information content (AvgIpc) is 2.42. The van der Waals surface area contributed by atoms with Crippen LogP contribution in [0.3, 0.4) is 0 Å². The molecule has 0 unspecified atom stereocenters. The van der Waals surface area contributed by atoms with Gasteiger partial charge in [-0.15, -0.1) is 0 Å². The monoisotopic (exact) mass is 375 g/mol. The van der Waals surface area contributed by atoms with E-state index in [0.29, 0.717) is 5.82 Å². The third-order valence-electron chi connectivity index (χ3n) is 2.59. The summed E-state index contributed by atoms with van der Waals surface area (Å²) in [6.45, 7) is 0. The molecule has 0 saturated carbocycles. The van der Waals surface area contributed by atoms with Crippen molar-refractivity contribution in [2.45, 2.75) is 0 Å². The molecular weight excluding hydrogens is 368 g/mol. The van der Waals surface area contributed by atoms with Crippen LogP contribution in [-0.2, 0) is 0 Å². The predicted molar refractivity (Wildman–Crippen MR) is 80.8 cm³/mol. The molecule has 0 aliphatic rings. The van der Waals surface area contributed by atoms with Gasteiger partial charge in [-0.1, -0.05) is 27.5 Å². The second-order valence-corrected chi connectivity index (χ2v) is 5.33. The summed E-state index contributed by atoms with van der Waals surface area (Å²) < 4.78 is 27.5. The molecule has 1 heterocycles. The Kier molecular flexibility index (Phi) is 4.74. The fourth-order valence-electron chi connectivity index (χ4n) is 1.59. The first kappa shape index (κ1) is 15.7. The Morgan fingerprint density at radius 2 is 1.90 bits per heavy atom. The number of rotatable bonds is 3. The first-order valence-electron chi connectivity index (χ1n) is 5.71. The quantitative estimate of drug-likeness (QED) is 0.849. The van der Waals surface area contributed by atoms with E-state index in [4.69, 9.17) is 11.6 Å². The van der Waals surface area contributed by atoms with E-state index in [1.165, 1.54) is 12.3 Å². The summed E-state index contributed by atoms with van der Waals surface area (Å²) >= 11 is 8.86. The van der Waals surface area contributed by atoms with Gasteiger partial charge in [0.05, 0.1) is 10.6 Å². The maximum atomic E-state index is 13.6. The third kappa shape index (κ3) is 3.48. The zero-order valence-corrected chi connectivity index (χ0v) is 13.0. The number of carbonyl (C=O) groups excluding carboxylic acids is 1. The number of amides is 1. The molecule has 0 aliphatic heterocycles. The number of hydrogen-bond acceptors (Lipinski definition) is 3. The second kappa shape index (κ2) is 6.36. The molecule has 0 bridgehead atoms. The van der Waals surface area contributed by atoms with Crippen LogP contribution in [0.2, 0.25) is 5.02 Å². The number of nitrogens with zero attached hydrogens (tertiary/aromatic N) is 1. The first-order valence-corrected chi connectivity index (χ1v) is 6.88. The van der Waals surface area contributed by atoms with Crippen LogP contribution in [0.4, 0.5) is 20.3 Å². The molecule has 21 heavy (non-hydrogen) atoms. The van der Waals surface area contributed by atoms with Crippen molar-refractivity contribution < 1.29 is 13.6 Å². The number of nitrogens with one attached hydrogen (secondary N) is 2. The predicted octanol–water partition coefficient (Wildman–Crippen LogP) is 4.07. The fraction of sp³-hybridized carbons (Fsp3) is 0.0769. The van der Waals surface area contributed by atoms with E-state index in [-0.39, 0.29) is 15.1 Å². The molecule has 0 spiro atoms. The average molecular weight is 377 g/mol. The lowest BCUT2D eigenvalue weighted by molar-refractivity contribution is 0.102. The van der Waals surface area contributed by atoms with E-state index in [1.807, 2.05) is 0 Å². The summed E-state index contributed by atoms with van der Waals surface area (Å²) in [5, 5.41) is 5.12. The van der Waals surface area contributed by atoms with Crippen LogP contribution >= 0.6 is 27.5 Å². The summed E-state index contributed by atoms with van der Waals surface area (Å²) in [5.41, 5.74) is -0.447. The number of halogens is 4. The van der Waals surface area contributed by atoms with Crippen molar-refractivity contribution in [3.8, 4) is 0 Å². The van der Waals surface area contributed by atoms with Gasteiger partial charge in [-0.2, -0.15) is 0 Å². The van der Waals surface area contributed by atoms with Crippen molar-refractivity contribution in [3.05, 3.63) is 51.1 Å². The Hall–Kier alpha value is -1.73. The van der Waals surface area contributed by atoms with Gasteiger partial charge < -0.3 is 10.6 Å². The Bertz CT molecular complexity index is 689. The normalized spacial score (nSPS) is 10.3. The van der Waals surface area contributed by atoms with E-state index in [1.54, 1.807) is 7.05 Å². The Balaban J connectivity index is 2.28. The van der Waals surface area contributed by atoms with Crippen LogP contribution in [0.1, 0.15) is 10.4 Å². The van der Waals surface area contributed by atoms with Crippen LogP contribution in [0.5, 0.6) is 0 Å². The number of pyridine rings is 1. The van der Waals surface area contributed by atoms with Gasteiger partial charge >= 0.3 is 0 Å². The number of anilines is 2. The van der Waals surface area contributed by atoms with Gasteiger partial charge in [0.2, 0.25) is 0 Å². The molecular formula is C13H9BrClF2N3O. The zero-order valence-electron chi connectivity index (χ0n) is 10.7. The van der Waals surface area contributed by atoms with E-state index in [2.05, 4.69) is 31.5 Å². The first-order chi connectivity index (χ1) is 9.92. The van der Waals surface area contributed by atoms with Gasteiger partial charge in [-0.3, -0.25) is 4.79 Å². The third-order valence-corrected chi connectivity index (χ3v) is 3.33. The highest BCUT2D eigenvalue weighted by atomic mass is 79.9. The van der Waals surface area contributed by atoms with Gasteiger partial charge in [-0.05, 0) is 18.2 Å². The van der Waals surface area contributed by atoms with Crippen molar-refractivity contribution in [1.29, 1.82) is 0 Å². The minimum absolute atomic E-state index is 0.0840. The molecule has 0 saturated heterocycles. The lowest BCUT2D eigenvalue weighted by Crippen LogP contribution is -2.15. The maximum Gasteiger partial charge on any atom is 0.257 e. The summed E-state index contributed by atoms with van der Waals surface area (Å²) in [6, 6.07) is 3.45. The Morgan fingerprint density at radius 3 is 2.43 bits per heavy atom. The number of hydrogen-bond donors (Lipinski definition) is 2. The molecule has 1 amide bonds. The summed E-state index contributed by atoms with van der Waals surface area (Å²) in [5.74, 6) is -2.09. The molecule has 8 heteroatoms. The zero-order chi connectivity index (χ0) is 15.6. The molecule has 110 valence electrons. The topological polar surface area (TPSA) is 54.0 Å². The van der Waals surface area contributed by atoms with Crippen LogP contribution in [0.25, 0.3) is 0 Å². The minimum Gasteiger partial charge on any atom is -0.372 e. The molecule has 1 aromatic heterocycles. The molecule has 0 atom stereocenters. The van der Waals surface area contributed by atoms with Crippen molar-refractivity contribution in [3.63, 3.8) is 0 Å². The summed E-state index contributed by atoms with van der Waals surface area (Å²) in [6.07, 6.45) is 1.25. The van der Waals surface area contributed by atoms with Crippen LogP contribution in [0, 0.1) is 11.6 Å². The smallest absolute Gasteiger partial charge is 0.257 e. The lowest BCUT2D eigenvalue weighted by atomic mass is 10.2. The standard InChI is InChI=1S/C13H9BrClF2N3O/c1-18-12-8(15)2-6(5-19-12)13(21)20-11-9(16)3-7(14)4-10(11)17/h2-5H,1H3,(H,18,19)(H,20,21). The highest BCUT2D eigenvalue weighted by Gasteiger charge is 2.16. The maximum absolute atomic E-state index is 13.6. The molecule has 0 fully saturated rings. The second-order valence-electron chi connectivity index (χ2n) is 4.00. The van der Waals surface area contributed by atoms with Crippen LogP contribution in [0.15, 0.2) is 28.9 Å². The van der Waals surface area contributed by atoms with E-state index in [0.717, 1.165) is 12.1 Å². The highest BCUT2D eigenvalue weighted by molar-refractivity contribution is 9.10. The largest absolute Gasteiger partial charge is 0.372 e. The van der Waals surface area contributed by atoms with Gasteiger partial charge in [0.25, 0.3) is 5.91 Å². The lowest BCUT2D eigenvalue weighted by Gasteiger charge is -2.09. The summed E-state index contributed by atoms with van der Waals surface area (Å²) in [7, 11) is 1.63. The molecule has 2 rings (SSSR count). The van der Waals surface area contributed by atoms with E-state index in [9.17, 15) is 13.6 Å². The molecule has 2 N–H and O–H groups in total. The van der Waals surface area contributed by atoms with E-state index < -0.39 is 23.2 Å². The number of carbonyl (C=O) groups is 1. The van der Waals surface area contributed by atoms with Crippen molar-refractivity contribution in [2.24, 2.45) is 0 Å². The minimum atomic E-state index is -0.888. The SMILES string of the molecule is CNc1ncc(C(=O)Nc2c(F)cc(Br)cc2F)cc1Cl.